The minimum Gasteiger partial charge on any atom is -0.320 e. The Hall–Kier alpha value is -0.340. The van der Waals surface area contributed by atoms with Crippen molar-refractivity contribution in [3.8, 4) is 0 Å². The van der Waals surface area contributed by atoms with Crippen LogP contribution in [0.1, 0.15) is 43.6 Å². The van der Waals surface area contributed by atoms with E-state index in [0.717, 1.165) is 12.3 Å². The number of nitrogens with two attached hydrogens (primary N) is 1. The third kappa shape index (κ3) is 1.85. The van der Waals surface area contributed by atoms with E-state index in [1.54, 1.807) is 0 Å². The summed E-state index contributed by atoms with van der Waals surface area (Å²) in [7, 11) is 0. The molecule has 0 amide bonds. The zero-order chi connectivity index (χ0) is 11.1. The minimum atomic E-state index is -0.0596. The van der Waals surface area contributed by atoms with Gasteiger partial charge in [-0.2, -0.15) is 0 Å². The fourth-order valence-corrected chi connectivity index (χ4v) is 4.00. The smallest absolute Gasteiger partial charge is 0.0534 e. The highest BCUT2D eigenvalue weighted by molar-refractivity contribution is 7.10. The lowest BCUT2D eigenvalue weighted by Gasteiger charge is -2.42. The standard InChI is InChI=1S/C13H21NS/c1-9-4-5-11(3)13(14,8-9)12-10(2)6-7-15-12/h6-7,9,11H,4-5,8,14H2,1-3H3. The van der Waals surface area contributed by atoms with Gasteiger partial charge < -0.3 is 5.73 Å². The Bertz CT molecular complexity index is 344. The van der Waals surface area contributed by atoms with Crippen LogP contribution in [0.5, 0.6) is 0 Å². The highest BCUT2D eigenvalue weighted by Crippen LogP contribution is 2.44. The quantitative estimate of drug-likeness (QED) is 0.772. The largest absolute Gasteiger partial charge is 0.320 e. The van der Waals surface area contributed by atoms with Crippen LogP contribution < -0.4 is 5.73 Å². The monoisotopic (exact) mass is 223 g/mol. The van der Waals surface area contributed by atoms with Crippen LogP contribution in [0.3, 0.4) is 0 Å². The van der Waals surface area contributed by atoms with Crippen molar-refractivity contribution < 1.29 is 0 Å². The first-order valence-electron chi connectivity index (χ1n) is 5.87. The summed E-state index contributed by atoms with van der Waals surface area (Å²) < 4.78 is 0. The molecule has 0 aliphatic heterocycles. The van der Waals surface area contributed by atoms with Crippen LogP contribution >= 0.6 is 11.3 Å². The predicted octanol–water partition coefficient (Wildman–Crippen LogP) is 3.67. The summed E-state index contributed by atoms with van der Waals surface area (Å²) >= 11 is 1.84. The van der Waals surface area contributed by atoms with E-state index in [9.17, 15) is 0 Å². The first-order chi connectivity index (χ1) is 7.04. The van der Waals surface area contributed by atoms with Crippen molar-refractivity contribution in [1.82, 2.24) is 0 Å². The van der Waals surface area contributed by atoms with Crippen molar-refractivity contribution in [2.24, 2.45) is 17.6 Å². The van der Waals surface area contributed by atoms with E-state index in [0.29, 0.717) is 5.92 Å². The molecule has 0 aromatic carbocycles. The van der Waals surface area contributed by atoms with Crippen molar-refractivity contribution in [3.05, 3.63) is 21.9 Å². The van der Waals surface area contributed by atoms with Crippen molar-refractivity contribution in [2.45, 2.75) is 45.6 Å². The predicted molar refractivity (Wildman–Crippen MR) is 67.1 cm³/mol. The average Bonchev–Trinajstić information content (AvgIpc) is 2.59. The summed E-state index contributed by atoms with van der Waals surface area (Å²) in [5.74, 6) is 1.39. The lowest BCUT2D eigenvalue weighted by atomic mass is 9.69. The number of hydrogen-bond donors (Lipinski definition) is 1. The molecular weight excluding hydrogens is 202 g/mol. The Morgan fingerprint density at radius 3 is 2.73 bits per heavy atom. The zero-order valence-corrected chi connectivity index (χ0v) is 10.7. The minimum absolute atomic E-state index is 0.0596. The second-order valence-electron chi connectivity index (χ2n) is 5.26. The molecule has 84 valence electrons. The number of aryl methyl sites for hydroxylation is 1. The first kappa shape index (κ1) is 11.2. The maximum absolute atomic E-state index is 6.67. The fourth-order valence-electron chi connectivity index (χ4n) is 2.84. The Labute approximate surface area is 96.7 Å². The molecule has 1 nitrogen and oxygen atoms in total. The van der Waals surface area contributed by atoms with Gasteiger partial charge in [0.15, 0.2) is 0 Å². The van der Waals surface area contributed by atoms with Gasteiger partial charge in [0, 0.05) is 4.88 Å². The van der Waals surface area contributed by atoms with Gasteiger partial charge in [-0.15, -0.1) is 11.3 Å². The third-order valence-electron chi connectivity index (χ3n) is 3.94. The van der Waals surface area contributed by atoms with Gasteiger partial charge in [-0.3, -0.25) is 0 Å². The lowest BCUT2D eigenvalue weighted by Crippen LogP contribution is -2.46. The summed E-state index contributed by atoms with van der Waals surface area (Å²) in [5, 5.41) is 2.17. The van der Waals surface area contributed by atoms with E-state index in [2.05, 4.69) is 32.2 Å². The van der Waals surface area contributed by atoms with E-state index in [1.807, 2.05) is 11.3 Å². The lowest BCUT2D eigenvalue weighted by molar-refractivity contribution is 0.165. The molecule has 3 unspecified atom stereocenters. The van der Waals surface area contributed by atoms with Crippen LogP contribution in [0, 0.1) is 18.8 Å². The molecular formula is C13H21NS. The van der Waals surface area contributed by atoms with Crippen molar-refractivity contribution in [2.75, 3.05) is 0 Å². The van der Waals surface area contributed by atoms with Crippen LogP contribution in [-0.4, -0.2) is 0 Å². The van der Waals surface area contributed by atoms with E-state index in [1.165, 1.54) is 23.3 Å². The number of thiophene rings is 1. The topological polar surface area (TPSA) is 26.0 Å². The average molecular weight is 223 g/mol. The first-order valence-corrected chi connectivity index (χ1v) is 6.75. The van der Waals surface area contributed by atoms with E-state index < -0.39 is 0 Å². The van der Waals surface area contributed by atoms with E-state index in [4.69, 9.17) is 5.73 Å². The summed E-state index contributed by atoms with van der Waals surface area (Å²) in [6.45, 7) is 6.83. The summed E-state index contributed by atoms with van der Waals surface area (Å²) in [5.41, 5.74) is 7.99. The molecule has 1 aliphatic rings. The van der Waals surface area contributed by atoms with Crippen LogP contribution in [0.25, 0.3) is 0 Å². The van der Waals surface area contributed by atoms with Crippen LogP contribution in [-0.2, 0) is 5.54 Å². The van der Waals surface area contributed by atoms with E-state index in [-0.39, 0.29) is 5.54 Å². The van der Waals surface area contributed by atoms with Gasteiger partial charge in [0.2, 0.25) is 0 Å². The summed E-state index contributed by atoms with van der Waals surface area (Å²) in [6.07, 6.45) is 3.76. The molecule has 2 N–H and O–H groups in total. The molecule has 0 saturated heterocycles. The highest BCUT2D eigenvalue weighted by Gasteiger charge is 2.40. The second-order valence-corrected chi connectivity index (χ2v) is 6.18. The van der Waals surface area contributed by atoms with Gasteiger partial charge in [0.1, 0.15) is 0 Å². The molecule has 0 radical (unpaired) electrons. The molecule has 1 aromatic heterocycles. The van der Waals surface area contributed by atoms with Gasteiger partial charge in [-0.1, -0.05) is 20.3 Å². The highest BCUT2D eigenvalue weighted by atomic mass is 32.1. The van der Waals surface area contributed by atoms with E-state index >= 15 is 0 Å². The fraction of sp³-hybridized carbons (Fsp3) is 0.692. The Kier molecular flexibility index (Phi) is 2.91. The summed E-state index contributed by atoms with van der Waals surface area (Å²) in [6, 6.07) is 2.20. The number of rotatable bonds is 1. The van der Waals surface area contributed by atoms with Crippen LogP contribution in [0.2, 0.25) is 0 Å². The normalized spacial score (nSPS) is 36.8. The zero-order valence-electron chi connectivity index (χ0n) is 9.92. The van der Waals surface area contributed by atoms with Gasteiger partial charge in [-0.05, 0) is 48.6 Å². The Balaban J connectivity index is 2.35. The van der Waals surface area contributed by atoms with Crippen LogP contribution in [0.15, 0.2) is 11.4 Å². The van der Waals surface area contributed by atoms with Crippen molar-refractivity contribution in [3.63, 3.8) is 0 Å². The Morgan fingerprint density at radius 1 is 1.40 bits per heavy atom. The molecule has 1 aliphatic carbocycles. The second kappa shape index (κ2) is 3.91. The number of hydrogen-bond acceptors (Lipinski definition) is 2. The summed E-state index contributed by atoms with van der Waals surface area (Å²) in [4.78, 5) is 1.42. The third-order valence-corrected chi connectivity index (χ3v) is 5.15. The maximum atomic E-state index is 6.67. The molecule has 0 spiro atoms. The molecule has 1 heterocycles. The molecule has 2 heteroatoms. The molecule has 1 saturated carbocycles. The Morgan fingerprint density at radius 2 is 2.13 bits per heavy atom. The van der Waals surface area contributed by atoms with Gasteiger partial charge in [0.05, 0.1) is 5.54 Å². The molecule has 1 aromatic rings. The van der Waals surface area contributed by atoms with Crippen LogP contribution in [0.4, 0.5) is 0 Å². The molecule has 1 fully saturated rings. The van der Waals surface area contributed by atoms with Gasteiger partial charge in [0.25, 0.3) is 0 Å². The molecule has 15 heavy (non-hydrogen) atoms. The molecule has 2 rings (SSSR count). The molecule has 0 bridgehead atoms. The van der Waals surface area contributed by atoms with Gasteiger partial charge >= 0.3 is 0 Å². The van der Waals surface area contributed by atoms with Crippen molar-refractivity contribution in [1.29, 1.82) is 0 Å². The van der Waals surface area contributed by atoms with Gasteiger partial charge in [-0.25, -0.2) is 0 Å². The van der Waals surface area contributed by atoms with Crippen molar-refractivity contribution >= 4 is 11.3 Å². The molecule has 3 atom stereocenters. The maximum Gasteiger partial charge on any atom is 0.0534 e. The SMILES string of the molecule is Cc1ccsc1C1(N)CC(C)CCC1C.